The van der Waals surface area contributed by atoms with E-state index < -0.39 is 0 Å². The number of hydrogen-bond donors (Lipinski definition) is 1. The van der Waals surface area contributed by atoms with E-state index >= 15 is 0 Å². The standard InChI is InChI=1S/C12H15N4/c1-15-4-6-16(7-5-15)10-2-3-11-12(8-10)14-9-13-11/h2-3,8H,4-7H2,1H3,(H,13,14). The summed E-state index contributed by atoms with van der Waals surface area (Å²) in [6, 6.07) is 6.35. The Hall–Kier alpha value is -1.55. The molecular formula is C12H15N4. The number of nitrogens with one attached hydrogen (secondary N) is 1. The maximum Gasteiger partial charge on any atom is 0.174 e. The minimum Gasteiger partial charge on any atom is -0.369 e. The number of hydrogen-bond acceptors (Lipinski definition) is 3. The lowest BCUT2D eigenvalue weighted by molar-refractivity contribution is 0.313. The zero-order valence-electron chi connectivity index (χ0n) is 9.40. The molecule has 1 aliphatic rings. The van der Waals surface area contributed by atoms with Crippen LogP contribution in [-0.2, 0) is 0 Å². The van der Waals surface area contributed by atoms with Gasteiger partial charge in [0.2, 0.25) is 0 Å². The van der Waals surface area contributed by atoms with Crippen LogP contribution in [0.4, 0.5) is 5.69 Å². The van der Waals surface area contributed by atoms with E-state index in [9.17, 15) is 0 Å². The smallest absolute Gasteiger partial charge is 0.174 e. The van der Waals surface area contributed by atoms with Gasteiger partial charge in [-0.1, -0.05) is 0 Å². The van der Waals surface area contributed by atoms with Crippen LogP contribution >= 0.6 is 0 Å². The summed E-state index contributed by atoms with van der Waals surface area (Å²) >= 11 is 0. The van der Waals surface area contributed by atoms with Crippen molar-refractivity contribution >= 4 is 16.7 Å². The summed E-state index contributed by atoms with van der Waals surface area (Å²) in [5.41, 5.74) is 3.33. The molecule has 1 aliphatic heterocycles. The Labute approximate surface area is 94.9 Å². The molecule has 4 heteroatoms. The highest BCUT2D eigenvalue weighted by molar-refractivity contribution is 5.78. The zero-order chi connectivity index (χ0) is 11.0. The van der Waals surface area contributed by atoms with Crippen LogP contribution in [0.2, 0.25) is 0 Å². The summed E-state index contributed by atoms with van der Waals surface area (Å²) in [7, 11) is 2.17. The van der Waals surface area contributed by atoms with Gasteiger partial charge >= 0.3 is 0 Å². The van der Waals surface area contributed by atoms with Gasteiger partial charge in [0, 0.05) is 31.9 Å². The number of rotatable bonds is 1. The van der Waals surface area contributed by atoms with Gasteiger partial charge in [0.25, 0.3) is 0 Å². The first-order valence-corrected chi connectivity index (χ1v) is 5.62. The highest BCUT2D eigenvalue weighted by Gasteiger charge is 2.14. The van der Waals surface area contributed by atoms with Crippen LogP contribution in [0.15, 0.2) is 18.2 Å². The van der Waals surface area contributed by atoms with Gasteiger partial charge in [-0.25, -0.2) is 4.98 Å². The Morgan fingerprint density at radius 1 is 1.25 bits per heavy atom. The summed E-state index contributed by atoms with van der Waals surface area (Å²) in [5.74, 6) is 0. The summed E-state index contributed by atoms with van der Waals surface area (Å²) in [4.78, 5) is 11.9. The molecule has 0 spiro atoms. The second-order valence-electron chi connectivity index (χ2n) is 4.34. The first-order valence-electron chi connectivity index (χ1n) is 5.62. The number of likely N-dealkylation sites (N-methyl/N-ethyl adjacent to an activating group) is 1. The first-order chi connectivity index (χ1) is 7.83. The molecule has 1 radical (unpaired) electrons. The van der Waals surface area contributed by atoms with Gasteiger partial charge < -0.3 is 14.8 Å². The molecule has 16 heavy (non-hydrogen) atoms. The fraction of sp³-hybridized carbons (Fsp3) is 0.417. The molecule has 0 aliphatic carbocycles. The normalized spacial score (nSPS) is 18.2. The highest BCUT2D eigenvalue weighted by Crippen LogP contribution is 2.20. The van der Waals surface area contributed by atoms with E-state index in [0.29, 0.717) is 0 Å². The van der Waals surface area contributed by atoms with Crippen molar-refractivity contribution in [3.05, 3.63) is 24.5 Å². The molecule has 0 bridgehead atoms. The second kappa shape index (κ2) is 3.79. The van der Waals surface area contributed by atoms with Gasteiger partial charge in [-0.2, -0.15) is 0 Å². The zero-order valence-corrected chi connectivity index (χ0v) is 9.40. The van der Waals surface area contributed by atoms with Gasteiger partial charge in [-0.3, -0.25) is 0 Å². The fourth-order valence-corrected chi connectivity index (χ4v) is 2.13. The van der Waals surface area contributed by atoms with Crippen LogP contribution in [-0.4, -0.2) is 48.1 Å². The Balaban J connectivity index is 1.87. The van der Waals surface area contributed by atoms with Gasteiger partial charge in [0.1, 0.15) is 0 Å². The summed E-state index contributed by atoms with van der Waals surface area (Å²) in [5, 5.41) is 0. The number of H-pyrrole nitrogens is 1. The summed E-state index contributed by atoms with van der Waals surface area (Å²) in [6.07, 6.45) is 2.77. The number of nitrogens with zero attached hydrogens (tertiary/aromatic N) is 3. The molecule has 1 aromatic heterocycles. The Morgan fingerprint density at radius 2 is 2.06 bits per heavy atom. The lowest BCUT2D eigenvalue weighted by Gasteiger charge is -2.34. The molecule has 2 heterocycles. The van der Waals surface area contributed by atoms with E-state index in [1.165, 1.54) is 5.69 Å². The molecule has 2 aromatic rings. The Kier molecular flexibility index (Phi) is 2.29. The number of anilines is 1. The molecule has 3 rings (SSSR count). The maximum absolute atomic E-state index is 4.11. The van der Waals surface area contributed by atoms with Crippen LogP contribution in [0.1, 0.15) is 0 Å². The van der Waals surface area contributed by atoms with E-state index in [4.69, 9.17) is 0 Å². The third-order valence-electron chi connectivity index (χ3n) is 3.22. The summed E-state index contributed by atoms with van der Waals surface area (Å²) < 4.78 is 0. The number of aromatic nitrogens is 2. The third-order valence-corrected chi connectivity index (χ3v) is 3.22. The molecular weight excluding hydrogens is 200 g/mol. The quantitative estimate of drug-likeness (QED) is 0.774. The highest BCUT2D eigenvalue weighted by atomic mass is 15.2. The molecule has 0 unspecified atom stereocenters. The lowest BCUT2D eigenvalue weighted by atomic mass is 10.2. The molecule has 0 saturated carbocycles. The van der Waals surface area contributed by atoms with Crippen molar-refractivity contribution in [3.8, 4) is 0 Å². The van der Waals surface area contributed by atoms with E-state index in [0.717, 1.165) is 37.2 Å². The van der Waals surface area contributed by atoms with Crippen molar-refractivity contribution in [2.24, 2.45) is 0 Å². The van der Waals surface area contributed by atoms with Crippen molar-refractivity contribution in [1.29, 1.82) is 0 Å². The number of piperazine rings is 1. The summed E-state index contributed by atoms with van der Waals surface area (Å²) in [6.45, 7) is 4.46. The van der Waals surface area contributed by atoms with Gasteiger partial charge in [0.05, 0.1) is 11.0 Å². The molecule has 1 saturated heterocycles. The predicted molar refractivity (Wildman–Crippen MR) is 64.6 cm³/mol. The molecule has 1 N–H and O–H groups in total. The largest absolute Gasteiger partial charge is 0.369 e. The minimum atomic E-state index is 0.984. The van der Waals surface area contributed by atoms with Crippen LogP contribution in [0.25, 0.3) is 11.0 Å². The Bertz CT molecular complexity index is 482. The van der Waals surface area contributed by atoms with E-state index in [1.807, 2.05) is 0 Å². The fourth-order valence-electron chi connectivity index (χ4n) is 2.13. The minimum absolute atomic E-state index is 0.984. The van der Waals surface area contributed by atoms with Gasteiger partial charge in [-0.15, -0.1) is 0 Å². The average molecular weight is 215 g/mol. The Morgan fingerprint density at radius 3 is 2.88 bits per heavy atom. The van der Waals surface area contributed by atoms with Crippen LogP contribution in [0.5, 0.6) is 0 Å². The number of fused-ring (bicyclic) bond motifs is 1. The maximum atomic E-state index is 4.11. The molecule has 1 aromatic carbocycles. The van der Waals surface area contributed by atoms with Gasteiger partial charge in [0.15, 0.2) is 6.33 Å². The van der Waals surface area contributed by atoms with Crippen molar-refractivity contribution in [1.82, 2.24) is 14.9 Å². The van der Waals surface area contributed by atoms with Crippen LogP contribution in [0.3, 0.4) is 0 Å². The van der Waals surface area contributed by atoms with Crippen LogP contribution in [0, 0.1) is 6.33 Å². The third kappa shape index (κ3) is 1.65. The first kappa shape index (κ1) is 9.66. The van der Waals surface area contributed by atoms with E-state index in [1.54, 1.807) is 0 Å². The number of benzene rings is 1. The monoisotopic (exact) mass is 215 g/mol. The predicted octanol–water partition coefficient (Wildman–Crippen LogP) is 1.11. The van der Waals surface area contributed by atoms with Gasteiger partial charge in [-0.05, 0) is 25.2 Å². The topological polar surface area (TPSA) is 35.2 Å². The second-order valence-corrected chi connectivity index (χ2v) is 4.34. The molecule has 4 nitrogen and oxygen atoms in total. The number of imidazole rings is 1. The number of aromatic amines is 1. The molecule has 0 amide bonds. The van der Waals surface area contributed by atoms with Crippen LogP contribution < -0.4 is 4.90 Å². The van der Waals surface area contributed by atoms with Crippen molar-refractivity contribution in [2.75, 3.05) is 38.1 Å². The average Bonchev–Trinajstić information content (AvgIpc) is 2.77. The molecule has 83 valence electrons. The van der Waals surface area contributed by atoms with Crippen molar-refractivity contribution in [3.63, 3.8) is 0 Å². The van der Waals surface area contributed by atoms with E-state index in [2.05, 4.69) is 51.3 Å². The SMILES string of the molecule is CN1CCN(c2ccc3n[c][nH]c3c2)CC1. The molecule has 0 atom stereocenters. The van der Waals surface area contributed by atoms with Crippen molar-refractivity contribution in [2.45, 2.75) is 0 Å². The molecule has 1 fully saturated rings. The lowest BCUT2D eigenvalue weighted by Crippen LogP contribution is -2.44. The van der Waals surface area contributed by atoms with E-state index in [-0.39, 0.29) is 0 Å². The van der Waals surface area contributed by atoms with Crippen molar-refractivity contribution < 1.29 is 0 Å².